The van der Waals surface area contributed by atoms with Crippen LogP contribution in [0.4, 0.5) is 0 Å². The first kappa shape index (κ1) is 25.5. The molecule has 43 heavy (non-hydrogen) atoms. The molecule has 0 spiro atoms. The van der Waals surface area contributed by atoms with E-state index < -0.39 is 0 Å². The molecule has 8 rings (SSSR count). The Labute approximate surface area is 255 Å². The summed E-state index contributed by atoms with van der Waals surface area (Å²) in [5.74, 6) is 0. The van der Waals surface area contributed by atoms with Crippen LogP contribution >= 0.6 is 0 Å². The summed E-state index contributed by atoms with van der Waals surface area (Å²) in [6.07, 6.45) is 1.88. The molecule has 0 aliphatic rings. The summed E-state index contributed by atoms with van der Waals surface area (Å²) >= 11 is 0.219. The summed E-state index contributed by atoms with van der Waals surface area (Å²) in [5, 5.41) is 16.2. The number of aromatic nitrogens is 4. The van der Waals surface area contributed by atoms with Crippen LogP contribution in [0.15, 0.2) is 146 Å². The van der Waals surface area contributed by atoms with Gasteiger partial charge in [-0.2, -0.15) is 0 Å². The van der Waals surface area contributed by atoms with Gasteiger partial charge in [-0.15, -0.1) is 0 Å². The molecule has 0 amide bonds. The van der Waals surface area contributed by atoms with Gasteiger partial charge in [0.2, 0.25) is 0 Å². The van der Waals surface area contributed by atoms with Crippen LogP contribution in [-0.4, -0.2) is 34.9 Å². The zero-order valence-electron chi connectivity index (χ0n) is 23.1. The Morgan fingerprint density at radius 1 is 0.419 bits per heavy atom. The van der Waals surface area contributed by atoms with E-state index in [1.165, 1.54) is 19.3 Å². The minimum absolute atomic E-state index is 0.219. The molecule has 0 unspecified atom stereocenters. The van der Waals surface area contributed by atoms with Crippen LogP contribution in [0, 0.1) is 0 Å². The van der Waals surface area contributed by atoms with E-state index in [2.05, 4.69) is 120 Å². The summed E-state index contributed by atoms with van der Waals surface area (Å²) in [7, 11) is 0. The fourth-order valence-electron chi connectivity index (χ4n) is 5.91. The van der Waals surface area contributed by atoms with Gasteiger partial charge >= 0.3 is 256 Å². The maximum atomic E-state index is 5.12. The van der Waals surface area contributed by atoms with Crippen LogP contribution in [-0.2, 0) is 0 Å². The fraction of sp³-hybridized carbons (Fsp3) is 0. The Balaban J connectivity index is 1.49. The van der Waals surface area contributed by atoms with Crippen LogP contribution in [0.2, 0.25) is 0 Å². The minimum atomic E-state index is 0.219. The molecule has 202 valence electrons. The number of fused-ring (bicyclic) bond motifs is 3. The number of pyridine rings is 1. The first-order valence-electron chi connectivity index (χ1n) is 14.2. The van der Waals surface area contributed by atoms with Crippen molar-refractivity contribution in [1.29, 1.82) is 0 Å². The molecular weight excluding hydrogens is 591 g/mol. The van der Waals surface area contributed by atoms with Gasteiger partial charge in [-0.1, -0.05) is 0 Å². The Morgan fingerprint density at radius 3 is 1.84 bits per heavy atom. The van der Waals surface area contributed by atoms with Crippen molar-refractivity contribution in [1.82, 2.24) is 20.4 Å². The van der Waals surface area contributed by atoms with Gasteiger partial charge in [-0.05, 0) is 0 Å². The van der Waals surface area contributed by atoms with Crippen molar-refractivity contribution in [3.8, 4) is 56.0 Å². The summed E-state index contributed by atoms with van der Waals surface area (Å²) in [4.78, 5) is 5.12. The van der Waals surface area contributed by atoms with E-state index in [0.717, 1.165) is 56.0 Å². The number of hydrogen-bond donors (Lipinski definition) is 0. The zero-order valence-corrected chi connectivity index (χ0v) is 24.8. The van der Waals surface area contributed by atoms with Crippen molar-refractivity contribution >= 4 is 33.8 Å². The third-order valence-electron chi connectivity index (χ3n) is 7.80. The second-order valence-corrected chi connectivity index (χ2v) is 12.6. The maximum absolute atomic E-state index is 5.12. The fourth-order valence-corrected chi connectivity index (χ4v) is 8.24. The van der Waals surface area contributed by atoms with E-state index in [9.17, 15) is 0 Å². The summed E-state index contributed by atoms with van der Waals surface area (Å²) in [5.41, 5.74) is 9.77. The Hall–Kier alpha value is -5.22. The first-order chi connectivity index (χ1) is 21.4. The van der Waals surface area contributed by atoms with Gasteiger partial charge in [-0.25, -0.2) is 0 Å². The van der Waals surface area contributed by atoms with Crippen LogP contribution in [0.25, 0.3) is 75.3 Å². The molecule has 0 N–H and O–H groups in total. The van der Waals surface area contributed by atoms with Crippen molar-refractivity contribution in [3.63, 3.8) is 0 Å². The van der Waals surface area contributed by atoms with Crippen LogP contribution in [0.5, 0.6) is 0 Å². The van der Waals surface area contributed by atoms with Gasteiger partial charge in [0.05, 0.1) is 0 Å². The van der Waals surface area contributed by atoms with Crippen molar-refractivity contribution < 1.29 is 0 Å². The second kappa shape index (κ2) is 10.9. The zero-order chi connectivity index (χ0) is 28.6. The standard InChI is InChI=1S/C38H24N4Se/c1-4-13-25(14-5-1)28-22-23-32-34(29-19-10-11-21-31(29)43-32)35(28)37-30(20-12-24-39-37)38-33(26-15-6-2-7-16-26)36(40-42-41-38)27-17-8-3-9-18-27/h1-24H. The molecule has 0 atom stereocenters. The van der Waals surface area contributed by atoms with E-state index in [1.807, 2.05) is 36.5 Å². The van der Waals surface area contributed by atoms with Crippen molar-refractivity contribution in [2.45, 2.75) is 0 Å². The number of hydrogen-bond acceptors (Lipinski definition) is 4. The molecule has 0 radical (unpaired) electrons. The number of benzene rings is 5. The van der Waals surface area contributed by atoms with E-state index >= 15 is 0 Å². The molecule has 3 aromatic heterocycles. The normalized spacial score (nSPS) is 11.3. The molecule has 0 aliphatic heterocycles. The Bertz CT molecular complexity index is 2230. The third-order valence-corrected chi connectivity index (χ3v) is 10.2. The number of rotatable bonds is 5. The van der Waals surface area contributed by atoms with E-state index in [-0.39, 0.29) is 14.5 Å². The van der Waals surface area contributed by atoms with E-state index in [1.54, 1.807) is 0 Å². The molecule has 4 nitrogen and oxygen atoms in total. The molecule has 0 bridgehead atoms. The SMILES string of the molecule is c1ccc(-c2ccc3[se]c4ccccc4c3c2-c2ncccc2-c2nnnc(-c3ccccc3)c2-c2ccccc2)cc1. The summed E-state index contributed by atoms with van der Waals surface area (Å²) < 4.78 is 2.77. The number of nitrogens with zero attached hydrogens (tertiary/aromatic N) is 4. The topological polar surface area (TPSA) is 51.6 Å². The first-order valence-corrected chi connectivity index (χ1v) is 15.9. The molecule has 0 saturated carbocycles. The molecular formula is C38H24N4Se. The molecule has 0 saturated heterocycles. The summed E-state index contributed by atoms with van der Waals surface area (Å²) in [6.45, 7) is 0. The average molecular weight is 616 g/mol. The predicted octanol–water partition coefficient (Wildman–Crippen LogP) is 8.96. The average Bonchev–Trinajstić information content (AvgIpc) is 3.47. The molecule has 0 aliphatic carbocycles. The second-order valence-electron chi connectivity index (χ2n) is 10.3. The van der Waals surface area contributed by atoms with Crippen LogP contribution in [0.1, 0.15) is 0 Å². The Kier molecular flexibility index (Phi) is 6.45. The molecule has 8 aromatic rings. The van der Waals surface area contributed by atoms with Crippen molar-refractivity contribution in [2.24, 2.45) is 0 Å². The van der Waals surface area contributed by atoms with Gasteiger partial charge in [0.1, 0.15) is 0 Å². The molecule has 5 heteroatoms. The van der Waals surface area contributed by atoms with E-state index in [4.69, 9.17) is 10.1 Å². The quantitative estimate of drug-likeness (QED) is 0.181. The summed E-state index contributed by atoms with van der Waals surface area (Å²) in [6, 6.07) is 48.6. The Morgan fingerprint density at radius 2 is 1.07 bits per heavy atom. The predicted molar refractivity (Wildman–Crippen MR) is 177 cm³/mol. The van der Waals surface area contributed by atoms with Gasteiger partial charge in [0, 0.05) is 0 Å². The van der Waals surface area contributed by atoms with Crippen molar-refractivity contribution in [2.75, 3.05) is 0 Å². The third kappa shape index (κ3) is 4.47. The van der Waals surface area contributed by atoms with Crippen LogP contribution in [0.3, 0.4) is 0 Å². The van der Waals surface area contributed by atoms with Crippen LogP contribution < -0.4 is 0 Å². The van der Waals surface area contributed by atoms with Crippen molar-refractivity contribution in [3.05, 3.63) is 146 Å². The van der Waals surface area contributed by atoms with Gasteiger partial charge in [0.25, 0.3) is 0 Å². The molecule has 0 fully saturated rings. The van der Waals surface area contributed by atoms with Gasteiger partial charge in [-0.3, -0.25) is 0 Å². The van der Waals surface area contributed by atoms with Gasteiger partial charge in [0.15, 0.2) is 0 Å². The van der Waals surface area contributed by atoms with Gasteiger partial charge < -0.3 is 0 Å². The van der Waals surface area contributed by atoms with E-state index in [0.29, 0.717) is 0 Å². The molecule has 3 heterocycles. The molecule has 5 aromatic carbocycles. The monoisotopic (exact) mass is 616 g/mol.